The van der Waals surface area contributed by atoms with E-state index in [0.29, 0.717) is 0 Å². The molecule has 0 fully saturated rings. The maximum atomic E-state index is 11.5. The minimum Gasteiger partial charge on any atom is -0.369 e. The minimum atomic E-state index is -0.0948. The molecular formula is C20H37NO. The van der Waals surface area contributed by atoms with E-state index in [0.717, 1.165) is 38.5 Å². The Morgan fingerprint density at radius 2 is 1.32 bits per heavy atom. The van der Waals surface area contributed by atoms with Crippen molar-refractivity contribution in [2.75, 3.05) is 0 Å². The molecule has 0 saturated carbocycles. The molecule has 0 saturated heterocycles. The molecule has 0 aromatic carbocycles. The van der Waals surface area contributed by atoms with Crippen LogP contribution in [0.2, 0.25) is 0 Å². The van der Waals surface area contributed by atoms with Crippen LogP contribution in [0.4, 0.5) is 0 Å². The van der Waals surface area contributed by atoms with Crippen molar-refractivity contribution in [3.63, 3.8) is 0 Å². The van der Waals surface area contributed by atoms with Gasteiger partial charge in [0.15, 0.2) is 0 Å². The minimum absolute atomic E-state index is 0.0948. The lowest BCUT2D eigenvalue weighted by atomic mass is 9.93. The predicted octanol–water partition coefficient (Wildman–Crippen LogP) is 5.59. The van der Waals surface area contributed by atoms with E-state index in [2.05, 4.69) is 12.8 Å². The molecule has 128 valence electrons. The van der Waals surface area contributed by atoms with Crippen LogP contribution in [-0.4, -0.2) is 5.91 Å². The van der Waals surface area contributed by atoms with Gasteiger partial charge < -0.3 is 5.73 Å². The van der Waals surface area contributed by atoms with Gasteiger partial charge in [-0.1, -0.05) is 77.6 Å². The van der Waals surface area contributed by atoms with Gasteiger partial charge in [-0.15, -0.1) is 12.3 Å². The summed E-state index contributed by atoms with van der Waals surface area (Å²) >= 11 is 0. The van der Waals surface area contributed by atoms with Crippen molar-refractivity contribution in [3.05, 3.63) is 0 Å². The van der Waals surface area contributed by atoms with Gasteiger partial charge in [-0.2, -0.15) is 0 Å². The van der Waals surface area contributed by atoms with Gasteiger partial charge in [-0.3, -0.25) is 4.79 Å². The third-order valence-electron chi connectivity index (χ3n) is 4.43. The second kappa shape index (κ2) is 16.4. The fourth-order valence-corrected chi connectivity index (χ4v) is 2.92. The summed E-state index contributed by atoms with van der Waals surface area (Å²) in [6, 6.07) is 0. The molecule has 1 unspecified atom stereocenters. The van der Waals surface area contributed by atoms with Crippen molar-refractivity contribution in [2.24, 2.45) is 11.7 Å². The number of rotatable bonds is 16. The Morgan fingerprint density at radius 1 is 0.864 bits per heavy atom. The zero-order valence-corrected chi connectivity index (χ0v) is 14.7. The number of hydrogen-bond acceptors (Lipinski definition) is 1. The number of nitrogens with two attached hydrogens (primary N) is 1. The summed E-state index contributed by atoms with van der Waals surface area (Å²) in [4.78, 5) is 11.5. The second-order valence-electron chi connectivity index (χ2n) is 6.52. The Bertz CT molecular complexity index is 293. The molecule has 0 rings (SSSR count). The summed E-state index contributed by atoms with van der Waals surface area (Å²) in [5.41, 5.74) is 5.54. The van der Waals surface area contributed by atoms with Crippen LogP contribution in [0.5, 0.6) is 0 Å². The lowest BCUT2D eigenvalue weighted by molar-refractivity contribution is -0.122. The quantitative estimate of drug-likeness (QED) is 0.293. The molecule has 0 spiro atoms. The zero-order valence-electron chi connectivity index (χ0n) is 14.7. The van der Waals surface area contributed by atoms with Crippen molar-refractivity contribution >= 4 is 5.91 Å². The number of terminal acetylenes is 1. The van der Waals surface area contributed by atoms with Gasteiger partial charge in [-0.05, 0) is 19.3 Å². The highest BCUT2D eigenvalue weighted by molar-refractivity contribution is 5.76. The third kappa shape index (κ3) is 14.0. The first kappa shape index (κ1) is 21.0. The highest BCUT2D eigenvalue weighted by atomic mass is 16.1. The first-order chi connectivity index (χ1) is 10.7. The molecule has 1 amide bonds. The standard InChI is InChI=1S/C20H37NO/c1-3-5-7-9-11-12-14-16-18-19(20(21)22)17-15-13-10-8-6-4-2/h1,19H,4-18H2,2H3,(H2,21,22). The van der Waals surface area contributed by atoms with E-state index in [9.17, 15) is 4.79 Å². The predicted molar refractivity (Wildman–Crippen MR) is 96.4 cm³/mol. The first-order valence-electron chi connectivity index (χ1n) is 9.45. The maximum absolute atomic E-state index is 11.5. The molecule has 0 aliphatic carbocycles. The summed E-state index contributed by atoms with van der Waals surface area (Å²) in [6.07, 6.45) is 23.0. The van der Waals surface area contributed by atoms with E-state index in [4.69, 9.17) is 12.2 Å². The van der Waals surface area contributed by atoms with Crippen LogP contribution < -0.4 is 5.73 Å². The van der Waals surface area contributed by atoms with E-state index in [1.54, 1.807) is 0 Å². The fourth-order valence-electron chi connectivity index (χ4n) is 2.92. The Hall–Kier alpha value is -0.970. The lowest BCUT2D eigenvalue weighted by Gasteiger charge is -2.13. The van der Waals surface area contributed by atoms with Crippen molar-refractivity contribution in [1.82, 2.24) is 0 Å². The molecule has 0 bridgehead atoms. The summed E-state index contributed by atoms with van der Waals surface area (Å²) in [5, 5.41) is 0. The molecule has 2 nitrogen and oxygen atoms in total. The summed E-state index contributed by atoms with van der Waals surface area (Å²) < 4.78 is 0. The van der Waals surface area contributed by atoms with Crippen molar-refractivity contribution in [3.8, 4) is 12.3 Å². The molecule has 0 aliphatic heterocycles. The van der Waals surface area contributed by atoms with Crippen LogP contribution >= 0.6 is 0 Å². The van der Waals surface area contributed by atoms with Gasteiger partial charge in [0.1, 0.15) is 0 Å². The smallest absolute Gasteiger partial charge is 0.220 e. The SMILES string of the molecule is C#CCCCCCCCCC(CCCCCCCC)C(N)=O. The van der Waals surface area contributed by atoms with Gasteiger partial charge >= 0.3 is 0 Å². The highest BCUT2D eigenvalue weighted by Gasteiger charge is 2.14. The molecular weight excluding hydrogens is 270 g/mol. The number of primary amides is 1. The van der Waals surface area contributed by atoms with Crippen LogP contribution in [0.1, 0.15) is 103 Å². The normalized spacial score (nSPS) is 12.0. The van der Waals surface area contributed by atoms with Gasteiger partial charge in [0, 0.05) is 12.3 Å². The lowest BCUT2D eigenvalue weighted by Crippen LogP contribution is -2.23. The van der Waals surface area contributed by atoms with Crippen LogP contribution in [0.3, 0.4) is 0 Å². The van der Waals surface area contributed by atoms with Gasteiger partial charge in [0.25, 0.3) is 0 Å². The fraction of sp³-hybridized carbons (Fsp3) is 0.850. The average molecular weight is 308 g/mol. The monoisotopic (exact) mass is 307 g/mol. The molecule has 1 atom stereocenters. The van der Waals surface area contributed by atoms with Crippen LogP contribution in [-0.2, 0) is 4.79 Å². The zero-order chi connectivity index (χ0) is 16.5. The van der Waals surface area contributed by atoms with E-state index >= 15 is 0 Å². The van der Waals surface area contributed by atoms with Gasteiger partial charge in [-0.25, -0.2) is 0 Å². The van der Waals surface area contributed by atoms with E-state index in [-0.39, 0.29) is 11.8 Å². The Morgan fingerprint density at radius 3 is 1.77 bits per heavy atom. The van der Waals surface area contributed by atoms with Crippen molar-refractivity contribution < 1.29 is 4.79 Å². The topological polar surface area (TPSA) is 43.1 Å². The number of hydrogen-bond donors (Lipinski definition) is 1. The Balaban J connectivity index is 3.52. The van der Waals surface area contributed by atoms with Crippen molar-refractivity contribution in [2.45, 2.75) is 103 Å². The van der Waals surface area contributed by atoms with Crippen molar-refractivity contribution in [1.29, 1.82) is 0 Å². The molecule has 0 aromatic heterocycles. The summed E-state index contributed by atoms with van der Waals surface area (Å²) in [5.74, 6) is 2.69. The molecule has 0 aliphatic rings. The van der Waals surface area contributed by atoms with E-state index < -0.39 is 0 Å². The van der Waals surface area contributed by atoms with Crippen LogP contribution in [0.15, 0.2) is 0 Å². The molecule has 2 N–H and O–H groups in total. The molecule has 0 heterocycles. The van der Waals surface area contributed by atoms with Gasteiger partial charge in [0.05, 0.1) is 0 Å². The van der Waals surface area contributed by atoms with Crippen LogP contribution in [0.25, 0.3) is 0 Å². The van der Waals surface area contributed by atoms with E-state index in [1.165, 1.54) is 57.8 Å². The number of unbranched alkanes of at least 4 members (excludes halogenated alkanes) is 11. The van der Waals surface area contributed by atoms with Gasteiger partial charge in [0.2, 0.25) is 5.91 Å². The molecule has 0 aromatic rings. The largest absolute Gasteiger partial charge is 0.369 e. The molecule has 2 heteroatoms. The van der Waals surface area contributed by atoms with Crippen LogP contribution in [0, 0.1) is 18.3 Å². The number of carbonyl (C=O) groups excluding carboxylic acids is 1. The molecule has 22 heavy (non-hydrogen) atoms. The molecule has 0 radical (unpaired) electrons. The summed E-state index contributed by atoms with van der Waals surface area (Å²) in [7, 11) is 0. The second-order valence-corrected chi connectivity index (χ2v) is 6.52. The Labute approximate surface area is 138 Å². The average Bonchev–Trinajstić information content (AvgIpc) is 2.50. The highest BCUT2D eigenvalue weighted by Crippen LogP contribution is 2.19. The van der Waals surface area contributed by atoms with E-state index in [1.807, 2.05) is 0 Å². The maximum Gasteiger partial charge on any atom is 0.220 e. The first-order valence-corrected chi connectivity index (χ1v) is 9.45. The number of amides is 1. The Kier molecular flexibility index (Phi) is 15.7. The number of carbonyl (C=O) groups is 1. The summed E-state index contributed by atoms with van der Waals surface area (Å²) in [6.45, 7) is 2.23. The third-order valence-corrected chi connectivity index (χ3v) is 4.43.